The molecule has 0 unspecified atom stereocenters. The SMILES string of the molecule is O=S(=O)(O)P(c1ccccc1)(c1ccccc1)(S(=O)(=O)O)S(=O)(=O)Oc1ccccc1.[Na]. The second-order valence-corrected chi connectivity index (χ2v) is 24.6. The van der Waals surface area contributed by atoms with Crippen molar-refractivity contribution < 1.29 is 38.5 Å². The Morgan fingerprint density at radius 1 is 0.562 bits per heavy atom. The van der Waals surface area contributed by atoms with E-state index in [4.69, 9.17) is 4.18 Å². The Bertz CT molecular complexity index is 1340. The fourth-order valence-electron chi connectivity index (χ4n) is 3.33. The van der Waals surface area contributed by atoms with Crippen LogP contribution in [-0.2, 0) is 29.2 Å². The zero-order valence-corrected chi connectivity index (χ0v) is 21.9. The van der Waals surface area contributed by atoms with Crippen molar-refractivity contribution in [2.45, 2.75) is 0 Å². The summed E-state index contributed by atoms with van der Waals surface area (Å²) in [7, 11) is -18.2. The van der Waals surface area contributed by atoms with E-state index in [-0.39, 0.29) is 29.6 Å². The van der Waals surface area contributed by atoms with Crippen LogP contribution >= 0.6 is 4.21 Å². The van der Waals surface area contributed by atoms with Crippen LogP contribution in [0.4, 0.5) is 0 Å². The summed E-state index contributed by atoms with van der Waals surface area (Å²) in [6.07, 6.45) is 0. The average molecular weight is 527 g/mol. The van der Waals surface area contributed by atoms with Gasteiger partial charge >= 0.3 is 179 Å². The molecule has 1 radical (unpaired) electrons. The molecule has 167 valence electrons. The molecule has 0 aliphatic rings. The second kappa shape index (κ2) is 9.13. The van der Waals surface area contributed by atoms with Gasteiger partial charge in [-0.25, -0.2) is 0 Å². The predicted molar refractivity (Wildman–Crippen MR) is 124 cm³/mol. The summed E-state index contributed by atoms with van der Waals surface area (Å²) in [4.78, 5) is 0. The average Bonchev–Trinajstić information content (AvgIpc) is 2.68. The summed E-state index contributed by atoms with van der Waals surface area (Å²) < 4.78 is 98.7. The van der Waals surface area contributed by atoms with Crippen LogP contribution in [0, 0.1) is 0 Å². The maximum absolute atomic E-state index is 13.8. The predicted octanol–water partition coefficient (Wildman–Crippen LogP) is 1.74. The van der Waals surface area contributed by atoms with Crippen LogP contribution in [0.2, 0.25) is 0 Å². The van der Waals surface area contributed by atoms with Crippen LogP contribution in [0.25, 0.3) is 0 Å². The third-order valence-electron chi connectivity index (χ3n) is 4.59. The molecule has 32 heavy (non-hydrogen) atoms. The largest absolute Gasteiger partial charge is 0 e. The first kappa shape index (κ1) is 26.9. The minimum Gasteiger partial charge on any atom is 0 e. The van der Waals surface area contributed by atoms with Crippen LogP contribution < -0.4 is 14.8 Å². The van der Waals surface area contributed by atoms with E-state index in [2.05, 4.69) is 0 Å². The summed E-state index contributed by atoms with van der Waals surface area (Å²) in [5, 5.41) is -1.72. The van der Waals surface area contributed by atoms with Gasteiger partial charge in [0.25, 0.3) is 0 Å². The van der Waals surface area contributed by atoms with Crippen LogP contribution in [0.15, 0.2) is 91.0 Å². The van der Waals surface area contributed by atoms with Gasteiger partial charge in [0.15, 0.2) is 0 Å². The molecule has 0 spiro atoms. The molecule has 0 saturated carbocycles. The number of hydrogen-bond acceptors (Lipinski definition) is 7. The zero-order chi connectivity index (χ0) is 23.0. The number of benzene rings is 3. The monoisotopic (exact) mass is 527 g/mol. The third kappa shape index (κ3) is 3.46. The van der Waals surface area contributed by atoms with Gasteiger partial charge < -0.3 is 0 Å². The smallest absolute Gasteiger partial charge is 0 e. The standard InChI is InChI=1S/C18H17O9PS3.Na/c19-29(20,21)28(30(22,23)24,17-12-6-2-7-13-17,18-14-8-3-9-15-18)31(25,26)27-16-10-4-1-5-11-16;/h1-15H,(H,19,20,21)(H,22,23,24);. The van der Waals surface area contributed by atoms with Crippen molar-refractivity contribution in [3.8, 4) is 5.75 Å². The molecule has 3 rings (SSSR count). The van der Waals surface area contributed by atoms with Gasteiger partial charge in [0.05, 0.1) is 0 Å². The molecule has 0 heterocycles. The van der Waals surface area contributed by atoms with E-state index in [1.165, 1.54) is 54.6 Å². The van der Waals surface area contributed by atoms with Crippen molar-refractivity contribution in [2.24, 2.45) is 0 Å². The summed E-state index contributed by atoms with van der Waals surface area (Å²) in [5.41, 5.74) is 0. The van der Waals surface area contributed by atoms with Crippen molar-refractivity contribution in [3.63, 3.8) is 0 Å². The molecule has 3 aromatic rings. The maximum atomic E-state index is 13.8. The Morgan fingerprint density at radius 2 is 0.875 bits per heavy atom. The van der Waals surface area contributed by atoms with Crippen molar-refractivity contribution in [1.82, 2.24) is 0 Å². The summed E-state index contributed by atoms with van der Waals surface area (Å²) in [6.45, 7) is 0. The van der Waals surface area contributed by atoms with Crippen molar-refractivity contribution in [3.05, 3.63) is 91.0 Å². The molecular formula is C18H17NaO9PS3. The molecule has 0 amide bonds. The van der Waals surface area contributed by atoms with Crippen molar-refractivity contribution in [1.29, 1.82) is 0 Å². The molecule has 14 heteroatoms. The van der Waals surface area contributed by atoms with Gasteiger partial charge in [0.2, 0.25) is 0 Å². The van der Waals surface area contributed by atoms with E-state index >= 15 is 0 Å². The Labute approximate surface area is 207 Å². The van der Waals surface area contributed by atoms with E-state index in [1.807, 2.05) is 0 Å². The molecule has 0 aliphatic carbocycles. The first-order chi connectivity index (χ1) is 14.4. The van der Waals surface area contributed by atoms with Crippen LogP contribution in [0.1, 0.15) is 0 Å². The first-order valence-electron chi connectivity index (χ1n) is 8.46. The summed E-state index contributed by atoms with van der Waals surface area (Å²) in [5.74, 6) is -0.421. The molecule has 0 aliphatic heterocycles. The van der Waals surface area contributed by atoms with Gasteiger partial charge in [-0.05, 0) is 0 Å². The van der Waals surface area contributed by atoms with E-state index in [0.717, 1.165) is 36.4 Å². The van der Waals surface area contributed by atoms with E-state index in [9.17, 15) is 34.4 Å². The fourth-order valence-corrected chi connectivity index (χ4v) is 24.3. The molecule has 3 aromatic carbocycles. The van der Waals surface area contributed by atoms with Crippen LogP contribution in [0.3, 0.4) is 0 Å². The minimum absolute atomic E-state index is 0. The minimum atomic E-state index is -7.14. The molecule has 0 saturated heterocycles. The second-order valence-electron chi connectivity index (χ2n) is 6.27. The van der Waals surface area contributed by atoms with E-state index in [0.29, 0.717) is 0 Å². The Balaban J connectivity index is 0.00000363. The van der Waals surface area contributed by atoms with Gasteiger partial charge in [-0.3, -0.25) is 0 Å². The molecule has 0 atom stereocenters. The number of rotatable bonds is 7. The van der Waals surface area contributed by atoms with Gasteiger partial charge in [-0.15, -0.1) is 0 Å². The Hall–Kier alpha value is -1.34. The molecular weight excluding hydrogens is 510 g/mol. The zero-order valence-electron chi connectivity index (χ0n) is 16.6. The van der Waals surface area contributed by atoms with Crippen LogP contribution in [-0.4, -0.2) is 63.9 Å². The number of para-hydroxylation sites is 1. The summed E-state index contributed by atoms with van der Waals surface area (Å²) in [6, 6.07) is 17.5. The molecule has 9 nitrogen and oxygen atoms in total. The first-order valence-corrected chi connectivity index (χ1v) is 16.8. The quantitative estimate of drug-likeness (QED) is 0.266. The summed E-state index contributed by atoms with van der Waals surface area (Å²) >= 11 is 0. The maximum Gasteiger partial charge on any atom is 0 e. The molecule has 0 fully saturated rings. The Morgan fingerprint density at radius 3 is 1.19 bits per heavy atom. The van der Waals surface area contributed by atoms with Gasteiger partial charge in [-0.1, -0.05) is 0 Å². The van der Waals surface area contributed by atoms with Crippen molar-refractivity contribution >= 4 is 73.6 Å². The van der Waals surface area contributed by atoms with E-state index in [1.54, 1.807) is 0 Å². The van der Waals surface area contributed by atoms with E-state index < -0.39 is 49.8 Å². The number of hydrogen-bond donors (Lipinski definition) is 2. The van der Waals surface area contributed by atoms with Gasteiger partial charge in [-0.2, -0.15) is 0 Å². The topological polar surface area (TPSA) is 152 Å². The normalized spacial score (nSPS) is 13.9. The molecule has 2 N–H and O–H groups in total. The van der Waals surface area contributed by atoms with Gasteiger partial charge in [0, 0.05) is 29.6 Å². The molecule has 0 aromatic heterocycles. The van der Waals surface area contributed by atoms with Gasteiger partial charge in [0.1, 0.15) is 0 Å². The van der Waals surface area contributed by atoms with Crippen LogP contribution in [0.5, 0.6) is 5.75 Å². The van der Waals surface area contributed by atoms with Crippen molar-refractivity contribution in [2.75, 3.05) is 0 Å². The third-order valence-corrected chi connectivity index (χ3v) is 31.4. The fraction of sp³-hybridized carbons (Fsp3) is 0. The Kier molecular flexibility index (Phi) is 7.68. The molecule has 0 bridgehead atoms.